The van der Waals surface area contributed by atoms with Crippen molar-refractivity contribution in [3.05, 3.63) is 29.8 Å². The summed E-state index contributed by atoms with van der Waals surface area (Å²) >= 11 is 0. The third-order valence-corrected chi connectivity index (χ3v) is 1.77. The van der Waals surface area contributed by atoms with Crippen molar-refractivity contribution in [2.45, 2.75) is 6.29 Å². The zero-order valence-electron chi connectivity index (χ0n) is 6.53. The molecule has 12 heavy (non-hydrogen) atoms. The highest BCUT2D eigenvalue weighted by atomic mass is 16.7. The van der Waals surface area contributed by atoms with Crippen molar-refractivity contribution < 1.29 is 14.6 Å². The van der Waals surface area contributed by atoms with E-state index in [0.717, 1.165) is 5.56 Å². The summed E-state index contributed by atoms with van der Waals surface area (Å²) in [6, 6.07) is 6.50. The lowest BCUT2D eigenvalue weighted by Gasteiger charge is -2.07. The van der Waals surface area contributed by atoms with E-state index in [-0.39, 0.29) is 12.0 Å². The maximum absolute atomic E-state index is 10.8. The Bertz CT molecular complexity index is 249. The maximum atomic E-state index is 10.8. The molecular weight excluding hydrogens is 156 g/mol. The molecule has 0 amide bonds. The third kappa shape index (κ3) is 1.42. The minimum absolute atomic E-state index is 0.0109. The van der Waals surface area contributed by atoms with Crippen LogP contribution in [0.4, 0.5) is 0 Å². The van der Waals surface area contributed by atoms with Gasteiger partial charge in [-0.25, -0.2) is 0 Å². The minimum atomic E-state index is -0.273. The van der Waals surface area contributed by atoms with Gasteiger partial charge in [0.1, 0.15) is 0 Å². The van der Waals surface area contributed by atoms with Crippen LogP contribution in [0.25, 0.3) is 0 Å². The SMILES string of the molecule is [O]c1ccc(C2OCCO2)cc1. The first-order valence-corrected chi connectivity index (χ1v) is 3.86. The summed E-state index contributed by atoms with van der Waals surface area (Å²) in [6.45, 7) is 1.26. The molecule has 0 aromatic heterocycles. The number of hydrogen-bond acceptors (Lipinski definition) is 2. The molecule has 1 aromatic carbocycles. The van der Waals surface area contributed by atoms with Crippen LogP contribution < -0.4 is 0 Å². The van der Waals surface area contributed by atoms with Crippen molar-refractivity contribution in [3.8, 4) is 5.75 Å². The van der Waals surface area contributed by atoms with Crippen LogP contribution in [0.5, 0.6) is 5.75 Å². The van der Waals surface area contributed by atoms with Gasteiger partial charge in [-0.1, -0.05) is 12.1 Å². The Labute approximate surface area is 70.5 Å². The van der Waals surface area contributed by atoms with Crippen molar-refractivity contribution in [3.63, 3.8) is 0 Å². The molecule has 0 spiro atoms. The first-order chi connectivity index (χ1) is 5.86. The van der Waals surface area contributed by atoms with Crippen molar-refractivity contribution in [2.24, 2.45) is 0 Å². The molecule has 1 radical (unpaired) electrons. The zero-order valence-corrected chi connectivity index (χ0v) is 6.53. The lowest BCUT2D eigenvalue weighted by atomic mass is 10.2. The Balaban J connectivity index is 2.17. The first kappa shape index (κ1) is 7.58. The quantitative estimate of drug-likeness (QED) is 0.637. The van der Waals surface area contributed by atoms with Crippen LogP contribution in [0, 0.1) is 0 Å². The fourth-order valence-corrected chi connectivity index (χ4v) is 1.18. The van der Waals surface area contributed by atoms with E-state index >= 15 is 0 Å². The minimum Gasteiger partial charge on any atom is -0.346 e. The summed E-state index contributed by atoms with van der Waals surface area (Å²) in [4.78, 5) is 0. The van der Waals surface area contributed by atoms with Crippen LogP contribution in [0.3, 0.4) is 0 Å². The largest absolute Gasteiger partial charge is 0.346 e. The highest BCUT2D eigenvalue weighted by molar-refractivity contribution is 5.26. The molecule has 2 rings (SSSR count). The summed E-state index contributed by atoms with van der Waals surface area (Å²) in [6.07, 6.45) is -0.273. The van der Waals surface area contributed by atoms with Crippen LogP contribution in [0.2, 0.25) is 0 Å². The van der Waals surface area contributed by atoms with Gasteiger partial charge in [-0.3, -0.25) is 5.11 Å². The second kappa shape index (κ2) is 3.13. The number of ether oxygens (including phenoxy) is 2. The molecule has 1 heterocycles. The average molecular weight is 165 g/mol. The molecule has 3 nitrogen and oxygen atoms in total. The summed E-state index contributed by atoms with van der Waals surface area (Å²) in [5.74, 6) is 0.0109. The molecule has 1 aliphatic heterocycles. The van der Waals surface area contributed by atoms with Gasteiger partial charge in [0.25, 0.3) is 0 Å². The highest BCUT2D eigenvalue weighted by Crippen LogP contribution is 2.24. The van der Waals surface area contributed by atoms with Gasteiger partial charge >= 0.3 is 0 Å². The van der Waals surface area contributed by atoms with E-state index in [1.807, 2.05) is 0 Å². The van der Waals surface area contributed by atoms with Gasteiger partial charge in [-0.15, -0.1) is 0 Å². The lowest BCUT2D eigenvalue weighted by molar-refractivity contribution is -0.0441. The molecule has 3 heteroatoms. The first-order valence-electron chi connectivity index (χ1n) is 3.86. The Kier molecular flexibility index (Phi) is 1.98. The van der Waals surface area contributed by atoms with E-state index in [1.54, 1.807) is 12.1 Å². The molecule has 0 unspecified atom stereocenters. The molecule has 0 N–H and O–H groups in total. The van der Waals surface area contributed by atoms with Gasteiger partial charge in [0.2, 0.25) is 0 Å². The normalized spacial score (nSPS) is 18.3. The molecule has 1 aliphatic rings. The van der Waals surface area contributed by atoms with Gasteiger partial charge < -0.3 is 9.47 Å². The predicted molar refractivity (Wildman–Crippen MR) is 41.2 cm³/mol. The lowest BCUT2D eigenvalue weighted by Crippen LogP contribution is -1.96. The molecular formula is C9H9O3. The number of hydrogen-bond donors (Lipinski definition) is 0. The molecule has 0 saturated carbocycles. The summed E-state index contributed by atoms with van der Waals surface area (Å²) in [7, 11) is 0. The fourth-order valence-electron chi connectivity index (χ4n) is 1.18. The summed E-state index contributed by atoms with van der Waals surface area (Å²) in [5.41, 5.74) is 0.909. The third-order valence-electron chi connectivity index (χ3n) is 1.77. The second-order valence-corrected chi connectivity index (χ2v) is 2.64. The number of rotatable bonds is 1. The van der Waals surface area contributed by atoms with Gasteiger partial charge in [-0.05, 0) is 12.1 Å². The van der Waals surface area contributed by atoms with Crippen molar-refractivity contribution in [1.82, 2.24) is 0 Å². The van der Waals surface area contributed by atoms with Crippen molar-refractivity contribution >= 4 is 0 Å². The molecule has 1 fully saturated rings. The topological polar surface area (TPSA) is 38.4 Å². The van der Waals surface area contributed by atoms with E-state index in [4.69, 9.17) is 9.47 Å². The van der Waals surface area contributed by atoms with E-state index in [1.165, 1.54) is 12.1 Å². The summed E-state index contributed by atoms with van der Waals surface area (Å²) in [5, 5.41) is 10.8. The fraction of sp³-hybridized carbons (Fsp3) is 0.333. The zero-order chi connectivity index (χ0) is 8.39. The van der Waals surface area contributed by atoms with E-state index in [9.17, 15) is 5.11 Å². The second-order valence-electron chi connectivity index (χ2n) is 2.64. The van der Waals surface area contributed by atoms with Gasteiger partial charge in [0.05, 0.1) is 13.2 Å². The van der Waals surface area contributed by atoms with E-state index in [0.29, 0.717) is 13.2 Å². The average Bonchev–Trinajstić information content (AvgIpc) is 2.58. The van der Waals surface area contributed by atoms with Crippen LogP contribution >= 0.6 is 0 Å². The maximum Gasteiger partial charge on any atom is 0.184 e. The van der Waals surface area contributed by atoms with Crippen LogP contribution in [-0.2, 0) is 14.6 Å². The van der Waals surface area contributed by atoms with E-state index < -0.39 is 0 Å². The Hall–Kier alpha value is -1.06. The van der Waals surface area contributed by atoms with Crippen LogP contribution in [0.1, 0.15) is 11.9 Å². The van der Waals surface area contributed by atoms with Gasteiger partial charge in [-0.2, -0.15) is 0 Å². The van der Waals surface area contributed by atoms with E-state index in [2.05, 4.69) is 0 Å². The highest BCUT2D eigenvalue weighted by Gasteiger charge is 2.17. The monoisotopic (exact) mass is 165 g/mol. The molecule has 0 bridgehead atoms. The predicted octanol–water partition coefficient (Wildman–Crippen LogP) is 1.88. The Morgan fingerprint density at radius 1 is 1.08 bits per heavy atom. The number of benzene rings is 1. The Morgan fingerprint density at radius 3 is 2.25 bits per heavy atom. The van der Waals surface area contributed by atoms with Crippen molar-refractivity contribution in [2.75, 3.05) is 13.2 Å². The molecule has 1 aromatic rings. The molecule has 0 aliphatic carbocycles. The van der Waals surface area contributed by atoms with Crippen LogP contribution in [-0.4, -0.2) is 13.2 Å². The summed E-state index contributed by atoms with van der Waals surface area (Å²) < 4.78 is 10.5. The smallest absolute Gasteiger partial charge is 0.184 e. The van der Waals surface area contributed by atoms with Gasteiger partial charge in [0, 0.05) is 5.56 Å². The van der Waals surface area contributed by atoms with Gasteiger partial charge in [0.15, 0.2) is 12.0 Å². The molecule has 63 valence electrons. The molecule has 1 saturated heterocycles. The molecule has 0 atom stereocenters. The van der Waals surface area contributed by atoms with Crippen LogP contribution in [0.15, 0.2) is 24.3 Å². The van der Waals surface area contributed by atoms with Crippen molar-refractivity contribution in [1.29, 1.82) is 0 Å². The standard InChI is InChI=1S/C9H9O3/c10-8-3-1-7(2-4-8)9-11-5-6-12-9/h1-4,9H,5-6H2. The Morgan fingerprint density at radius 2 is 1.67 bits per heavy atom.